The molecule has 0 radical (unpaired) electrons. The van der Waals surface area contributed by atoms with Crippen molar-refractivity contribution in [2.75, 3.05) is 20.1 Å². The van der Waals surface area contributed by atoms with Crippen LogP contribution in [0, 0.1) is 37.0 Å². The van der Waals surface area contributed by atoms with Gasteiger partial charge in [0, 0.05) is 43.8 Å². The van der Waals surface area contributed by atoms with Crippen molar-refractivity contribution in [1.82, 2.24) is 25.4 Å². The number of benzene rings is 1. The van der Waals surface area contributed by atoms with Gasteiger partial charge < -0.3 is 25.4 Å². The van der Waals surface area contributed by atoms with E-state index in [-0.39, 0.29) is 48.2 Å². The molecule has 3 rings (SSSR count). The lowest BCUT2D eigenvalue weighted by molar-refractivity contribution is -0.150. The van der Waals surface area contributed by atoms with E-state index in [0.29, 0.717) is 43.7 Å². The number of terminal acetylenes is 1. The standard InChI is InChI=1S/C44H65N5O7S/c1-10-12-13-15-23-49(43(53)39(30(6)11-2)47-41(52)36-17-14-16-22-48(36)9)37(28(3)4)26-38(56-32(8)50)42-46-35(27-57-42)40(51)45-34(24-31(7)44(54)55)25-33-20-18-29(5)19-21-33/h1,18-21,27-28,30-31,34,36-39H,11-17,22-26H2,2-9H3,(H,45,51)(H,47,52)(H,54,55)/t30-,31-,34+,36+,37+,38+,39-/m0/s1. The van der Waals surface area contributed by atoms with E-state index >= 15 is 0 Å². The number of amides is 3. The molecule has 0 bridgehead atoms. The Morgan fingerprint density at radius 3 is 2.37 bits per heavy atom. The summed E-state index contributed by atoms with van der Waals surface area (Å²) in [5, 5.41) is 17.8. The van der Waals surface area contributed by atoms with Gasteiger partial charge in [-0.3, -0.25) is 28.9 Å². The van der Waals surface area contributed by atoms with Crippen LogP contribution < -0.4 is 10.6 Å². The number of rotatable bonds is 22. The van der Waals surface area contributed by atoms with Gasteiger partial charge in [0.05, 0.1) is 12.0 Å². The number of esters is 1. The molecular weight excluding hydrogens is 743 g/mol. The predicted molar refractivity (Wildman–Crippen MR) is 223 cm³/mol. The molecule has 13 heteroatoms. The highest BCUT2D eigenvalue weighted by Crippen LogP contribution is 2.32. The number of likely N-dealkylation sites (tertiary alicyclic amines) is 1. The smallest absolute Gasteiger partial charge is 0.306 e. The number of nitrogens with one attached hydrogen (secondary N) is 2. The van der Waals surface area contributed by atoms with Gasteiger partial charge in [-0.05, 0) is 76.4 Å². The van der Waals surface area contributed by atoms with Crippen LogP contribution >= 0.6 is 11.3 Å². The summed E-state index contributed by atoms with van der Waals surface area (Å²) in [6, 6.07) is 5.93. The molecule has 1 saturated heterocycles. The van der Waals surface area contributed by atoms with Gasteiger partial charge in [0.15, 0.2) is 6.10 Å². The number of carboxylic acids is 1. The van der Waals surface area contributed by atoms with Gasteiger partial charge in [0.2, 0.25) is 11.8 Å². The molecule has 12 nitrogen and oxygen atoms in total. The zero-order valence-electron chi connectivity index (χ0n) is 35.2. The number of unbranched alkanes of at least 4 members (excludes halogenated alkanes) is 2. The molecule has 2 aromatic rings. The Hall–Kier alpha value is -4.28. The van der Waals surface area contributed by atoms with Crippen LogP contribution in [0.3, 0.4) is 0 Å². The molecule has 7 atom stereocenters. The molecule has 3 amide bonds. The SMILES string of the molecule is C#CCCCCN(C(=O)[C@@H](NC(=O)[C@H]1CCCCN1C)[C@@H](C)CC)[C@H](C[C@@H](OC(C)=O)c1nc(C(=O)N[C@@H](Cc2ccc(C)cc2)C[C@H](C)C(=O)O)cs1)C(C)C. The Labute approximate surface area is 343 Å². The quantitative estimate of drug-likeness (QED) is 0.0680. The van der Waals surface area contributed by atoms with Gasteiger partial charge in [-0.15, -0.1) is 23.7 Å². The van der Waals surface area contributed by atoms with Crippen molar-refractivity contribution in [2.45, 2.75) is 143 Å². The number of aromatic nitrogens is 1. The molecule has 3 N–H and O–H groups in total. The Bertz CT molecular complexity index is 1670. The average molecular weight is 808 g/mol. The van der Waals surface area contributed by atoms with Crippen LogP contribution in [-0.4, -0.2) is 93.9 Å². The Morgan fingerprint density at radius 1 is 1.07 bits per heavy atom. The van der Waals surface area contributed by atoms with Gasteiger partial charge in [0.25, 0.3) is 5.91 Å². The fourth-order valence-electron chi connectivity index (χ4n) is 7.37. The zero-order chi connectivity index (χ0) is 42.2. The number of likely N-dealkylation sites (N-methyl/N-ethyl adjacent to an activating group) is 1. The van der Waals surface area contributed by atoms with Crippen LogP contribution in [0.25, 0.3) is 0 Å². The first-order chi connectivity index (χ1) is 27.1. The van der Waals surface area contributed by atoms with E-state index in [4.69, 9.17) is 11.2 Å². The van der Waals surface area contributed by atoms with Gasteiger partial charge in [-0.1, -0.05) is 77.3 Å². The highest BCUT2D eigenvalue weighted by molar-refractivity contribution is 7.09. The number of aliphatic carboxylic acids is 1. The van der Waals surface area contributed by atoms with E-state index in [1.165, 1.54) is 18.3 Å². The molecule has 1 aliphatic heterocycles. The van der Waals surface area contributed by atoms with Crippen molar-refractivity contribution in [3.05, 3.63) is 51.5 Å². The Kier molecular flexibility index (Phi) is 19.2. The van der Waals surface area contributed by atoms with Gasteiger partial charge in [-0.2, -0.15) is 0 Å². The molecule has 0 saturated carbocycles. The average Bonchev–Trinajstić information content (AvgIpc) is 3.67. The molecule has 1 aromatic heterocycles. The van der Waals surface area contributed by atoms with Crippen molar-refractivity contribution < 1.29 is 33.8 Å². The number of piperidine rings is 1. The van der Waals surface area contributed by atoms with Crippen LogP contribution in [0.5, 0.6) is 0 Å². The first-order valence-corrected chi connectivity index (χ1v) is 21.4. The van der Waals surface area contributed by atoms with Gasteiger partial charge in [0.1, 0.15) is 16.7 Å². The number of ether oxygens (including phenoxy) is 1. The number of hydrogen-bond acceptors (Lipinski definition) is 9. The fraction of sp³-hybridized carbons (Fsp3) is 0.636. The number of thiazole rings is 1. The maximum atomic E-state index is 14.8. The second-order valence-corrected chi connectivity index (χ2v) is 17.0. The minimum Gasteiger partial charge on any atom is -0.481 e. The second-order valence-electron chi connectivity index (χ2n) is 16.1. The first-order valence-electron chi connectivity index (χ1n) is 20.5. The van der Waals surface area contributed by atoms with E-state index in [0.717, 1.165) is 36.9 Å². The van der Waals surface area contributed by atoms with Crippen LogP contribution in [0.1, 0.15) is 132 Å². The third-order valence-corrected chi connectivity index (χ3v) is 12.0. The van der Waals surface area contributed by atoms with E-state index in [9.17, 15) is 29.1 Å². The summed E-state index contributed by atoms with van der Waals surface area (Å²) in [4.78, 5) is 75.0. The molecule has 314 valence electrons. The fourth-order valence-corrected chi connectivity index (χ4v) is 8.21. The molecular formula is C44H65N5O7S. The maximum absolute atomic E-state index is 14.8. The lowest BCUT2D eigenvalue weighted by Crippen LogP contribution is -2.59. The Balaban J connectivity index is 1.93. The lowest BCUT2D eigenvalue weighted by Gasteiger charge is -2.40. The van der Waals surface area contributed by atoms with E-state index in [1.54, 1.807) is 12.3 Å². The predicted octanol–water partition coefficient (Wildman–Crippen LogP) is 6.57. The largest absolute Gasteiger partial charge is 0.481 e. The van der Waals surface area contributed by atoms with Crippen molar-refractivity contribution in [2.24, 2.45) is 17.8 Å². The van der Waals surface area contributed by atoms with Gasteiger partial charge in [-0.25, -0.2) is 4.98 Å². The monoisotopic (exact) mass is 807 g/mol. The van der Waals surface area contributed by atoms with Crippen molar-refractivity contribution in [3.8, 4) is 12.3 Å². The summed E-state index contributed by atoms with van der Waals surface area (Å²) in [5.41, 5.74) is 2.18. The number of carbonyl (C=O) groups is 5. The lowest BCUT2D eigenvalue weighted by atomic mass is 9.91. The topological polar surface area (TPSA) is 158 Å². The summed E-state index contributed by atoms with van der Waals surface area (Å²) >= 11 is 1.19. The second kappa shape index (κ2) is 23.2. The summed E-state index contributed by atoms with van der Waals surface area (Å²) in [5.74, 6) is -0.512. The van der Waals surface area contributed by atoms with Crippen LogP contribution in [-0.2, 0) is 30.3 Å². The third-order valence-electron chi connectivity index (χ3n) is 11.1. The van der Waals surface area contributed by atoms with Crippen LogP contribution in [0.4, 0.5) is 0 Å². The number of hydrogen-bond donors (Lipinski definition) is 3. The number of carbonyl (C=O) groups excluding carboxylic acids is 4. The molecule has 1 aliphatic rings. The van der Waals surface area contributed by atoms with E-state index in [1.807, 2.05) is 70.8 Å². The highest BCUT2D eigenvalue weighted by Gasteiger charge is 2.38. The zero-order valence-corrected chi connectivity index (χ0v) is 36.0. The first kappa shape index (κ1) is 47.1. The van der Waals surface area contributed by atoms with Crippen LogP contribution in [0.15, 0.2) is 29.6 Å². The summed E-state index contributed by atoms with van der Waals surface area (Å²) in [6.45, 7) is 14.1. The minimum absolute atomic E-state index is 0.0844. The van der Waals surface area contributed by atoms with Crippen molar-refractivity contribution in [1.29, 1.82) is 0 Å². The number of nitrogens with zero attached hydrogens (tertiary/aromatic N) is 3. The molecule has 1 aromatic carbocycles. The normalized spacial score (nSPS) is 17.6. The molecule has 57 heavy (non-hydrogen) atoms. The van der Waals surface area contributed by atoms with E-state index < -0.39 is 48.0 Å². The molecule has 0 aliphatic carbocycles. The minimum atomic E-state index is -0.948. The molecule has 0 spiro atoms. The van der Waals surface area contributed by atoms with E-state index in [2.05, 4.69) is 26.4 Å². The maximum Gasteiger partial charge on any atom is 0.306 e. The summed E-state index contributed by atoms with van der Waals surface area (Å²) in [6.07, 6.45) is 10.9. The van der Waals surface area contributed by atoms with Gasteiger partial charge >= 0.3 is 11.9 Å². The highest BCUT2D eigenvalue weighted by atomic mass is 32.1. The number of carboxylic acid groups (broad SMARTS) is 1. The Morgan fingerprint density at radius 2 is 1.77 bits per heavy atom. The third kappa shape index (κ3) is 14.6. The van der Waals surface area contributed by atoms with Crippen molar-refractivity contribution in [3.63, 3.8) is 0 Å². The van der Waals surface area contributed by atoms with Crippen LogP contribution in [0.2, 0.25) is 0 Å². The van der Waals surface area contributed by atoms with Crippen molar-refractivity contribution >= 4 is 41.0 Å². The summed E-state index contributed by atoms with van der Waals surface area (Å²) in [7, 11) is 1.95. The number of aryl methyl sites for hydroxylation is 1. The molecule has 1 fully saturated rings. The molecule has 0 unspecified atom stereocenters. The summed E-state index contributed by atoms with van der Waals surface area (Å²) < 4.78 is 5.89. The molecule has 2 heterocycles.